The van der Waals surface area contributed by atoms with Crippen LogP contribution in [0.25, 0.3) is 0 Å². The van der Waals surface area contributed by atoms with E-state index in [1.54, 1.807) is 11.0 Å². The Hall–Kier alpha value is -1.41. The molecular formula is C9H15N5. The average Bonchev–Trinajstić information content (AvgIpc) is 2.67. The predicted molar refractivity (Wildman–Crippen MR) is 52.5 cm³/mol. The Morgan fingerprint density at radius 3 is 2.71 bits per heavy atom. The molecule has 0 atom stereocenters. The van der Waals surface area contributed by atoms with Gasteiger partial charge in [0.2, 0.25) is 0 Å². The maximum Gasteiger partial charge on any atom is 0.252 e. The molecule has 0 amide bonds. The summed E-state index contributed by atoms with van der Waals surface area (Å²) in [6.45, 7) is 8.07. The van der Waals surface area contributed by atoms with Gasteiger partial charge in [0.1, 0.15) is 12.4 Å². The van der Waals surface area contributed by atoms with Crippen LogP contribution in [0, 0.1) is 11.3 Å². The molecule has 0 aromatic carbocycles. The SMILES string of the molecule is CCN(CC)CCn1cnc(C#N)n1. The first kappa shape index (κ1) is 10.7. The quantitative estimate of drug-likeness (QED) is 0.683. The van der Waals surface area contributed by atoms with Gasteiger partial charge in [-0.1, -0.05) is 13.8 Å². The highest BCUT2D eigenvalue weighted by Crippen LogP contribution is 1.91. The molecule has 1 rings (SSSR count). The highest BCUT2D eigenvalue weighted by atomic mass is 15.3. The minimum absolute atomic E-state index is 0.240. The number of rotatable bonds is 5. The average molecular weight is 193 g/mol. The van der Waals surface area contributed by atoms with Gasteiger partial charge in [-0.15, -0.1) is 5.10 Å². The van der Waals surface area contributed by atoms with Crippen molar-refractivity contribution in [2.75, 3.05) is 19.6 Å². The molecule has 0 aliphatic rings. The van der Waals surface area contributed by atoms with Crippen molar-refractivity contribution >= 4 is 0 Å². The van der Waals surface area contributed by atoms with E-state index < -0.39 is 0 Å². The summed E-state index contributed by atoms with van der Waals surface area (Å²) in [7, 11) is 0. The molecule has 5 nitrogen and oxygen atoms in total. The Balaban J connectivity index is 2.41. The van der Waals surface area contributed by atoms with Gasteiger partial charge in [0, 0.05) is 6.54 Å². The lowest BCUT2D eigenvalue weighted by Gasteiger charge is -2.17. The Labute approximate surface area is 84.0 Å². The van der Waals surface area contributed by atoms with Crippen molar-refractivity contribution < 1.29 is 0 Å². The van der Waals surface area contributed by atoms with E-state index in [1.165, 1.54) is 0 Å². The van der Waals surface area contributed by atoms with Crippen LogP contribution in [0.4, 0.5) is 0 Å². The zero-order valence-electron chi connectivity index (χ0n) is 8.64. The van der Waals surface area contributed by atoms with Crippen LogP contribution in [0.1, 0.15) is 19.7 Å². The summed E-state index contributed by atoms with van der Waals surface area (Å²) in [5, 5.41) is 12.5. The second kappa shape index (κ2) is 5.35. The second-order valence-electron chi connectivity index (χ2n) is 2.97. The minimum Gasteiger partial charge on any atom is -0.302 e. The molecule has 0 unspecified atom stereocenters. The monoisotopic (exact) mass is 193 g/mol. The van der Waals surface area contributed by atoms with Crippen molar-refractivity contribution in [3.63, 3.8) is 0 Å². The molecule has 0 aliphatic heterocycles. The highest BCUT2D eigenvalue weighted by molar-refractivity contribution is 5.05. The maximum absolute atomic E-state index is 8.52. The molecule has 76 valence electrons. The highest BCUT2D eigenvalue weighted by Gasteiger charge is 2.01. The van der Waals surface area contributed by atoms with Crippen molar-refractivity contribution in [3.8, 4) is 6.07 Å². The fraction of sp³-hybridized carbons (Fsp3) is 0.667. The summed E-state index contributed by atoms with van der Waals surface area (Å²) in [5.74, 6) is 0.240. The molecule has 1 aromatic heterocycles. The summed E-state index contributed by atoms with van der Waals surface area (Å²) < 4.78 is 1.71. The van der Waals surface area contributed by atoms with Crippen molar-refractivity contribution in [2.45, 2.75) is 20.4 Å². The van der Waals surface area contributed by atoms with Crippen LogP contribution in [0.5, 0.6) is 0 Å². The van der Waals surface area contributed by atoms with Crippen LogP contribution in [-0.2, 0) is 6.54 Å². The molecule has 0 spiro atoms. The third kappa shape index (κ3) is 2.82. The van der Waals surface area contributed by atoms with E-state index in [2.05, 4.69) is 28.8 Å². The van der Waals surface area contributed by atoms with E-state index in [-0.39, 0.29) is 5.82 Å². The smallest absolute Gasteiger partial charge is 0.252 e. The summed E-state index contributed by atoms with van der Waals surface area (Å²) in [5.41, 5.74) is 0. The minimum atomic E-state index is 0.240. The fourth-order valence-corrected chi connectivity index (χ4v) is 1.24. The molecule has 0 aliphatic carbocycles. The Morgan fingerprint density at radius 1 is 1.50 bits per heavy atom. The fourth-order valence-electron chi connectivity index (χ4n) is 1.24. The molecule has 5 heteroatoms. The normalized spacial score (nSPS) is 10.4. The van der Waals surface area contributed by atoms with Gasteiger partial charge in [0.15, 0.2) is 0 Å². The number of hydrogen-bond donors (Lipinski definition) is 0. The van der Waals surface area contributed by atoms with Crippen molar-refractivity contribution in [2.24, 2.45) is 0 Å². The Kier molecular flexibility index (Phi) is 4.08. The first-order chi connectivity index (χ1) is 6.80. The van der Waals surface area contributed by atoms with Gasteiger partial charge in [-0.2, -0.15) is 5.26 Å². The lowest BCUT2D eigenvalue weighted by molar-refractivity contribution is 0.285. The number of likely N-dealkylation sites (N-methyl/N-ethyl adjacent to an activating group) is 1. The lowest BCUT2D eigenvalue weighted by atomic mass is 10.5. The molecule has 0 radical (unpaired) electrons. The molecule has 0 bridgehead atoms. The zero-order valence-corrected chi connectivity index (χ0v) is 8.64. The summed E-state index contributed by atoms with van der Waals surface area (Å²) >= 11 is 0. The summed E-state index contributed by atoms with van der Waals surface area (Å²) in [6, 6.07) is 1.91. The Morgan fingerprint density at radius 2 is 2.21 bits per heavy atom. The van der Waals surface area contributed by atoms with Crippen LogP contribution in [0.2, 0.25) is 0 Å². The second-order valence-corrected chi connectivity index (χ2v) is 2.97. The van der Waals surface area contributed by atoms with Gasteiger partial charge in [-0.05, 0) is 13.1 Å². The van der Waals surface area contributed by atoms with Crippen molar-refractivity contribution in [3.05, 3.63) is 12.2 Å². The molecule has 0 saturated heterocycles. The van der Waals surface area contributed by atoms with Crippen molar-refractivity contribution in [1.29, 1.82) is 5.26 Å². The van der Waals surface area contributed by atoms with Crippen LogP contribution in [0.3, 0.4) is 0 Å². The third-order valence-corrected chi connectivity index (χ3v) is 2.18. The number of hydrogen-bond acceptors (Lipinski definition) is 4. The molecule has 14 heavy (non-hydrogen) atoms. The molecule has 0 fully saturated rings. The lowest BCUT2D eigenvalue weighted by Crippen LogP contribution is -2.27. The largest absolute Gasteiger partial charge is 0.302 e. The number of aromatic nitrogens is 3. The van der Waals surface area contributed by atoms with Crippen molar-refractivity contribution in [1.82, 2.24) is 19.7 Å². The van der Waals surface area contributed by atoms with E-state index in [4.69, 9.17) is 5.26 Å². The molecule has 0 saturated carbocycles. The van der Waals surface area contributed by atoms with Gasteiger partial charge in [-0.25, -0.2) is 4.98 Å². The van der Waals surface area contributed by atoms with Crippen LogP contribution < -0.4 is 0 Å². The Bertz CT molecular complexity index is 307. The number of nitrogens with zero attached hydrogens (tertiary/aromatic N) is 5. The van der Waals surface area contributed by atoms with Gasteiger partial charge in [0.05, 0.1) is 6.54 Å². The molecule has 0 N–H and O–H groups in total. The van der Waals surface area contributed by atoms with E-state index in [9.17, 15) is 0 Å². The maximum atomic E-state index is 8.52. The van der Waals surface area contributed by atoms with E-state index in [0.29, 0.717) is 0 Å². The standard InChI is InChI=1S/C9H15N5/c1-3-13(4-2)5-6-14-8-11-9(7-10)12-14/h8H,3-6H2,1-2H3. The van der Waals surface area contributed by atoms with Gasteiger partial charge in [-0.3, -0.25) is 4.68 Å². The van der Waals surface area contributed by atoms with Crippen LogP contribution >= 0.6 is 0 Å². The topological polar surface area (TPSA) is 57.7 Å². The summed E-state index contributed by atoms with van der Waals surface area (Å²) in [6.07, 6.45) is 1.60. The van der Waals surface area contributed by atoms with Gasteiger partial charge < -0.3 is 4.90 Å². The van der Waals surface area contributed by atoms with E-state index >= 15 is 0 Å². The molecular weight excluding hydrogens is 178 g/mol. The van der Waals surface area contributed by atoms with Gasteiger partial charge >= 0.3 is 0 Å². The van der Waals surface area contributed by atoms with E-state index in [0.717, 1.165) is 26.2 Å². The van der Waals surface area contributed by atoms with E-state index in [1.807, 2.05) is 6.07 Å². The first-order valence-corrected chi connectivity index (χ1v) is 4.82. The third-order valence-electron chi connectivity index (χ3n) is 2.18. The zero-order chi connectivity index (χ0) is 10.4. The number of nitriles is 1. The molecule has 1 heterocycles. The van der Waals surface area contributed by atoms with Crippen LogP contribution in [0.15, 0.2) is 6.33 Å². The van der Waals surface area contributed by atoms with Crippen LogP contribution in [-0.4, -0.2) is 39.3 Å². The predicted octanol–water partition coefficient (Wildman–Crippen LogP) is 0.492. The summed E-state index contributed by atoms with van der Waals surface area (Å²) in [4.78, 5) is 6.14. The first-order valence-electron chi connectivity index (χ1n) is 4.82. The molecule has 1 aromatic rings. The van der Waals surface area contributed by atoms with Gasteiger partial charge in [0.25, 0.3) is 5.82 Å².